The molecule has 2 aliphatic heterocycles. The Balaban J connectivity index is 1.42. The van der Waals surface area contributed by atoms with Gasteiger partial charge in [0.1, 0.15) is 28.2 Å². The Morgan fingerprint density at radius 1 is 1.35 bits per heavy atom. The molecule has 1 fully saturated rings. The fourth-order valence-electron chi connectivity index (χ4n) is 3.18. The Bertz CT molecular complexity index is 1020. The van der Waals surface area contributed by atoms with Crippen molar-refractivity contribution in [3.8, 4) is 0 Å². The van der Waals surface area contributed by atoms with Gasteiger partial charge < -0.3 is 16.2 Å². The van der Waals surface area contributed by atoms with E-state index < -0.39 is 35.2 Å². The standard InChI is InChI=1S/C18H18N6O4S3/c19-12(9-4-2-1-3-5-9)15(25)21-13-16(26)24-14(18(27)28)10(7-29-17(13)24)30-8-31-11-6-20-23-22-11/h1-6,12-13,17H,7-8,19H2,(H,21,25)(H,27,28)(H,20,22,23)/t12?,13-,17-/m1/s1. The minimum absolute atomic E-state index is 0.0302. The molecule has 0 radical (unpaired) electrons. The van der Waals surface area contributed by atoms with Gasteiger partial charge in [0.25, 0.3) is 5.91 Å². The number of carbonyl (C=O) groups excluding carboxylic acids is 2. The second-order valence-corrected chi connectivity index (χ2v) is 10.1. The van der Waals surface area contributed by atoms with Crippen LogP contribution in [0.25, 0.3) is 0 Å². The highest BCUT2D eigenvalue weighted by atomic mass is 32.2. The Kier molecular flexibility index (Phi) is 6.55. The molecule has 5 N–H and O–H groups in total. The topological polar surface area (TPSA) is 154 Å². The Morgan fingerprint density at radius 3 is 2.81 bits per heavy atom. The molecule has 13 heteroatoms. The molecule has 1 aromatic carbocycles. The summed E-state index contributed by atoms with van der Waals surface area (Å²) in [7, 11) is 0. The van der Waals surface area contributed by atoms with Crippen LogP contribution in [-0.4, -0.2) is 65.5 Å². The largest absolute Gasteiger partial charge is 0.477 e. The summed E-state index contributed by atoms with van der Waals surface area (Å²) in [4.78, 5) is 39.0. The number of carboxylic acids is 1. The van der Waals surface area contributed by atoms with Crippen molar-refractivity contribution in [2.45, 2.75) is 22.5 Å². The van der Waals surface area contributed by atoms with Crippen molar-refractivity contribution in [3.05, 3.63) is 52.7 Å². The first-order chi connectivity index (χ1) is 15.0. The van der Waals surface area contributed by atoms with Crippen LogP contribution in [-0.2, 0) is 14.4 Å². The summed E-state index contributed by atoms with van der Waals surface area (Å²) in [5, 5.41) is 23.3. The Morgan fingerprint density at radius 2 is 2.13 bits per heavy atom. The fraction of sp³-hybridized carbons (Fsp3) is 0.278. The van der Waals surface area contributed by atoms with E-state index in [1.165, 1.54) is 40.2 Å². The van der Waals surface area contributed by atoms with Gasteiger partial charge in [-0.15, -0.1) is 28.6 Å². The van der Waals surface area contributed by atoms with Gasteiger partial charge in [0.05, 0.1) is 11.3 Å². The molecule has 0 saturated carbocycles. The minimum atomic E-state index is -1.17. The third-order valence-corrected chi connectivity index (χ3v) is 8.29. The lowest BCUT2D eigenvalue weighted by atomic mass is 10.0. The molecule has 0 bridgehead atoms. The van der Waals surface area contributed by atoms with Crippen molar-refractivity contribution in [1.29, 1.82) is 0 Å². The average molecular weight is 479 g/mol. The van der Waals surface area contributed by atoms with Crippen molar-refractivity contribution < 1.29 is 19.5 Å². The van der Waals surface area contributed by atoms with Crippen molar-refractivity contribution >= 4 is 53.1 Å². The summed E-state index contributed by atoms with van der Waals surface area (Å²) >= 11 is 4.18. The van der Waals surface area contributed by atoms with Crippen molar-refractivity contribution in [1.82, 2.24) is 25.6 Å². The molecule has 2 amide bonds. The second kappa shape index (κ2) is 9.34. The van der Waals surface area contributed by atoms with E-state index >= 15 is 0 Å². The van der Waals surface area contributed by atoms with Crippen molar-refractivity contribution in [2.24, 2.45) is 5.73 Å². The van der Waals surface area contributed by atoms with E-state index in [0.717, 1.165) is 0 Å². The molecule has 1 unspecified atom stereocenters. The number of aliphatic carboxylic acids is 1. The quantitative estimate of drug-likeness (QED) is 0.245. The predicted molar refractivity (Wildman–Crippen MR) is 118 cm³/mol. The molecular formula is C18H18N6O4S3. The zero-order chi connectivity index (χ0) is 22.0. The number of fused-ring (bicyclic) bond motifs is 1. The average Bonchev–Trinajstić information content (AvgIpc) is 3.30. The van der Waals surface area contributed by atoms with Crippen LogP contribution in [0.3, 0.4) is 0 Å². The summed E-state index contributed by atoms with van der Waals surface area (Å²) in [6.45, 7) is 0. The molecule has 0 aliphatic carbocycles. The highest BCUT2D eigenvalue weighted by Gasteiger charge is 2.54. The number of amides is 2. The molecule has 31 heavy (non-hydrogen) atoms. The number of nitrogens with one attached hydrogen (secondary N) is 2. The summed E-state index contributed by atoms with van der Waals surface area (Å²) in [6, 6.07) is 7.13. The number of nitrogens with two attached hydrogens (primary N) is 1. The van der Waals surface area contributed by atoms with Gasteiger partial charge in [-0.2, -0.15) is 10.3 Å². The van der Waals surface area contributed by atoms with Crippen LogP contribution < -0.4 is 11.1 Å². The number of H-pyrrole nitrogens is 1. The van der Waals surface area contributed by atoms with Crippen LogP contribution in [0.1, 0.15) is 11.6 Å². The molecule has 4 rings (SSSR count). The summed E-state index contributed by atoms with van der Waals surface area (Å²) < 4.78 is 0. The van der Waals surface area contributed by atoms with Crippen LogP contribution in [0.4, 0.5) is 0 Å². The Hall–Kier alpha value is -2.48. The number of nitrogens with zero attached hydrogens (tertiary/aromatic N) is 3. The molecule has 0 spiro atoms. The molecule has 1 saturated heterocycles. The maximum absolute atomic E-state index is 12.7. The normalized spacial score (nSPS) is 21.3. The lowest BCUT2D eigenvalue weighted by molar-refractivity contribution is -0.150. The lowest BCUT2D eigenvalue weighted by Gasteiger charge is -2.49. The van der Waals surface area contributed by atoms with Gasteiger partial charge in [-0.25, -0.2) is 4.79 Å². The highest BCUT2D eigenvalue weighted by Crippen LogP contribution is 2.44. The first-order valence-corrected chi connectivity index (χ1v) is 12.1. The van der Waals surface area contributed by atoms with Gasteiger partial charge >= 0.3 is 5.97 Å². The zero-order valence-electron chi connectivity index (χ0n) is 15.9. The van der Waals surface area contributed by atoms with E-state index in [1.54, 1.807) is 30.5 Å². The zero-order valence-corrected chi connectivity index (χ0v) is 18.4. The number of rotatable bonds is 8. The van der Waals surface area contributed by atoms with Gasteiger partial charge in [-0.05, 0) is 5.56 Å². The van der Waals surface area contributed by atoms with Crippen LogP contribution >= 0.6 is 35.3 Å². The number of hydrogen-bond donors (Lipinski definition) is 4. The third kappa shape index (κ3) is 4.44. The van der Waals surface area contributed by atoms with Crippen LogP contribution in [0.5, 0.6) is 0 Å². The predicted octanol–water partition coefficient (Wildman–Crippen LogP) is 0.984. The van der Waals surface area contributed by atoms with Gasteiger partial charge in [0.2, 0.25) is 5.91 Å². The number of β-lactam (4-membered cyclic amide) rings is 1. The maximum Gasteiger partial charge on any atom is 0.353 e. The summed E-state index contributed by atoms with van der Waals surface area (Å²) in [5.41, 5.74) is 6.61. The second-order valence-electron chi connectivity index (χ2n) is 6.58. The molecule has 2 aliphatic rings. The van der Waals surface area contributed by atoms with E-state index in [0.29, 0.717) is 26.3 Å². The molecular weight excluding hydrogens is 460 g/mol. The molecule has 162 valence electrons. The number of carboxylic acid groups (broad SMARTS) is 1. The number of aromatic nitrogens is 3. The monoisotopic (exact) mass is 478 g/mol. The van der Waals surface area contributed by atoms with Crippen LogP contribution in [0.2, 0.25) is 0 Å². The lowest BCUT2D eigenvalue weighted by Crippen LogP contribution is -2.71. The minimum Gasteiger partial charge on any atom is -0.477 e. The van der Waals surface area contributed by atoms with Crippen molar-refractivity contribution in [3.63, 3.8) is 0 Å². The number of benzene rings is 1. The van der Waals surface area contributed by atoms with E-state index in [1.807, 2.05) is 6.07 Å². The first-order valence-electron chi connectivity index (χ1n) is 9.10. The van der Waals surface area contributed by atoms with Crippen molar-refractivity contribution in [2.75, 3.05) is 10.8 Å². The van der Waals surface area contributed by atoms with Crippen LogP contribution in [0.15, 0.2) is 52.2 Å². The fourth-order valence-corrected chi connectivity index (χ4v) is 6.75. The van der Waals surface area contributed by atoms with E-state index in [2.05, 4.69) is 20.7 Å². The third-order valence-electron chi connectivity index (χ3n) is 4.71. The maximum atomic E-state index is 12.7. The SMILES string of the molecule is NC(C(=O)N[C@@H]1C(=O)N2C(C(=O)O)=C(SCSc3cn[nH]n3)CS[C@H]12)c1ccccc1. The van der Waals surface area contributed by atoms with E-state index in [-0.39, 0.29) is 5.70 Å². The van der Waals surface area contributed by atoms with E-state index in [9.17, 15) is 19.5 Å². The summed E-state index contributed by atoms with van der Waals surface area (Å²) in [5.74, 6) is -1.67. The summed E-state index contributed by atoms with van der Waals surface area (Å²) in [6.07, 6.45) is 1.58. The number of aromatic amines is 1. The molecule has 3 atom stereocenters. The van der Waals surface area contributed by atoms with Gasteiger partial charge in [0.15, 0.2) is 0 Å². The molecule has 3 heterocycles. The number of thioether (sulfide) groups is 3. The smallest absolute Gasteiger partial charge is 0.353 e. The number of carbonyl (C=O) groups is 3. The van der Waals surface area contributed by atoms with E-state index in [4.69, 9.17) is 5.73 Å². The van der Waals surface area contributed by atoms with Gasteiger partial charge in [-0.3, -0.25) is 14.5 Å². The first kappa shape index (κ1) is 21.7. The highest BCUT2D eigenvalue weighted by molar-refractivity contribution is 8.18. The molecule has 10 nitrogen and oxygen atoms in total. The van der Waals surface area contributed by atoms with Gasteiger partial charge in [0, 0.05) is 10.7 Å². The van der Waals surface area contributed by atoms with Crippen LogP contribution in [0, 0.1) is 0 Å². The number of hydrogen-bond acceptors (Lipinski definition) is 9. The Labute approximate surface area is 189 Å². The van der Waals surface area contributed by atoms with Gasteiger partial charge in [-0.1, -0.05) is 42.1 Å². The molecule has 2 aromatic rings. The molecule has 1 aromatic heterocycles.